The maximum absolute atomic E-state index is 12.1. The lowest BCUT2D eigenvalue weighted by molar-refractivity contribution is 0.383. The minimum Gasteiger partial charge on any atom is -0.226 e. The fourth-order valence-electron chi connectivity index (χ4n) is 1.73. The van der Waals surface area contributed by atoms with Gasteiger partial charge in [-0.3, -0.25) is 0 Å². The van der Waals surface area contributed by atoms with Crippen LogP contribution in [0.3, 0.4) is 0 Å². The number of alkyl halides is 3. The van der Waals surface area contributed by atoms with Crippen LogP contribution in [0.4, 0.5) is 0 Å². The zero-order valence-electron chi connectivity index (χ0n) is 7.84. The number of hydrogen-bond donors (Lipinski definition) is 0. The fraction of sp³-hybridized carbons (Fsp3) is 1.00. The van der Waals surface area contributed by atoms with Crippen LogP contribution in [-0.4, -0.2) is 12.4 Å². The molecule has 84 valence electrons. The lowest BCUT2D eigenvalue weighted by Gasteiger charge is -2.29. The zero-order valence-corrected chi connectivity index (χ0v) is 15.1. The van der Waals surface area contributed by atoms with E-state index in [0.717, 1.165) is 25.7 Å². The molecule has 14 heavy (non-hydrogen) atoms. The molecule has 0 radical (unpaired) electrons. The third kappa shape index (κ3) is 3.31. The van der Waals surface area contributed by atoms with Gasteiger partial charge in [0.2, 0.25) is -1.23 Å². The first-order valence-corrected chi connectivity index (χ1v) is 9.33. The molecular formula is C8H13I3O2S. The number of rotatable bonds is 2. The van der Waals surface area contributed by atoms with Gasteiger partial charge in [0, 0.05) is 0 Å². The van der Waals surface area contributed by atoms with Gasteiger partial charge in [0.25, 0.3) is 0 Å². The van der Waals surface area contributed by atoms with Gasteiger partial charge in [-0.05, 0) is 99.4 Å². The smallest absolute Gasteiger partial charge is 0.223 e. The summed E-state index contributed by atoms with van der Waals surface area (Å²) in [6, 6.07) is 0. The van der Waals surface area contributed by atoms with Gasteiger partial charge in [0.05, 0.1) is 5.25 Å². The first kappa shape index (κ1) is 14.2. The third-order valence-electron chi connectivity index (χ3n) is 2.72. The summed E-state index contributed by atoms with van der Waals surface area (Å²) < 4.78 is 23.5. The van der Waals surface area contributed by atoms with Crippen molar-refractivity contribution in [1.29, 1.82) is 0 Å². The van der Waals surface area contributed by atoms with Crippen molar-refractivity contribution in [2.24, 2.45) is 5.92 Å². The van der Waals surface area contributed by atoms with Crippen molar-refractivity contribution in [3.63, 3.8) is 0 Å². The molecule has 6 heteroatoms. The maximum Gasteiger partial charge on any atom is 0.223 e. The summed E-state index contributed by atoms with van der Waals surface area (Å²) in [6.07, 6.45) is 3.81. The summed E-state index contributed by atoms with van der Waals surface area (Å²) in [7, 11) is -2.96. The predicted molar refractivity (Wildman–Crippen MR) is 85.1 cm³/mol. The second kappa shape index (κ2) is 5.19. The molecule has 0 aliphatic heterocycles. The third-order valence-corrected chi connectivity index (χ3v) is 10.2. The Bertz CT molecular complexity index is 286. The summed E-state index contributed by atoms with van der Waals surface area (Å²) in [4.78, 5) is 0. The molecule has 0 aromatic rings. The summed E-state index contributed by atoms with van der Waals surface area (Å²) in [5.41, 5.74) is 0. The molecule has 0 amide bonds. The van der Waals surface area contributed by atoms with E-state index in [1.165, 1.54) is 0 Å². The second-order valence-electron chi connectivity index (χ2n) is 3.87. The molecule has 0 spiro atoms. The highest BCUT2D eigenvalue weighted by molar-refractivity contribution is 14.3. The van der Waals surface area contributed by atoms with E-state index in [4.69, 9.17) is 0 Å². The van der Waals surface area contributed by atoms with Crippen LogP contribution in [0, 0.1) is 5.92 Å². The van der Waals surface area contributed by atoms with E-state index in [9.17, 15) is 8.42 Å². The molecule has 0 aromatic heterocycles. The number of sulfone groups is 1. The molecule has 1 fully saturated rings. The van der Waals surface area contributed by atoms with E-state index in [2.05, 4.69) is 6.92 Å². The first-order chi connectivity index (χ1) is 6.25. The van der Waals surface area contributed by atoms with Gasteiger partial charge in [-0.2, -0.15) is 0 Å². The number of hydrogen-bond acceptors (Lipinski definition) is 2. The van der Waals surface area contributed by atoms with E-state index < -0.39 is 8.60 Å². The average Bonchev–Trinajstić information content (AvgIpc) is 2.03. The molecule has 1 saturated carbocycles. The van der Waals surface area contributed by atoms with Gasteiger partial charge in [-0.1, -0.05) is 6.92 Å². The van der Waals surface area contributed by atoms with Crippen molar-refractivity contribution in [3.8, 4) is 0 Å². The minimum absolute atomic E-state index is 0.107. The van der Waals surface area contributed by atoms with Crippen LogP contribution in [0.15, 0.2) is 0 Å². The van der Waals surface area contributed by atoms with Crippen molar-refractivity contribution in [2.75, 3.05) is 0 Å². The maximum atomic E-state index is 12.1. The zero-order chi connectivity index (χ0) is 11.0. The second-order valence-corrected chi connectivity index (χ2v) is 19.5. The lowest BCUT2D eigenvalue weighted by atomic mass is 9.91. The monoisotopic (exact) mass is 554 g/mol. The largest absolute Gasteiger partial charge is 0.226 e. The Hall–Kier alpha value is 2.14. The summed E-state index contributed by atoms with van der Waals surface area (Å²) in [6.45, 7) is 2.20. The molecule has 0 heterocycles. The minimum atomic E-state index is -2.96. The van der Waals surface area contributed by atoms with Crippen molar-refractivity contribution < 1.29 is 8.42 Å². The van der Waals surface area contributed by atoms with Gasteiger partial charge in [0.1, 0.15) is 0 Å². The van der Waals surface area contributed by atoms with Gasteiger partial charge >= 0.3 is 0 Å². The summed E-state index contributed by atoms with van der Waals surface area (Å²) >= 11 is 6.04. The topological polar surface area (TPSA) is 34.1 Å². The van der Waals surface area contributed by atoms with Gasteiger partial charge in [0.15, 0.2) is 9.84 Å². The Morgan fingerprint density at radius 2 is 1.50 bits per heavy atom. The van der Waals surface area contributed by atoms with E-state index in [1.807, 2.05) is 67.8 Å². The predicted octanol–water partition coefficient (Wildman–Crippen LogP) is 3.90. The molecule has 2 nitrogen and oxygen atoms in total. The standard InChI is InChI=1S/C8H13I3O2S/c1-6-2-4-7(5-3-6)14(12,13)8(9,10)11/h6-7H,2-5H2,1H3. The Balaban J connectivity index is 2.76. The molecule has 0 atom stereocenters. The van der Waals surface area contributed by atoms with Crippen LogP contribution in [0.1, 0.15) is 32.6 Å². The average molecular weight is 554 g/mol. The van der Waals surface area contributed by atoms with Gasteiger partial charge in [-0.25, -0.2) is 8.42 Å². The first-order valence-electron chi connectivity index (χ1n) is 4.55. The van der Waals surface area contributed by atoms with Gasteiger partial charge in [-0.15, -0.1) is 0 Å². The van der Waals surface area contributed by atoms with E-state index >= 15 is 0 Å². The Kier molecular flexibility index (Phi) is 5.27. The van der Waals surface area contributed by atoms with E-state index in [-0.39, 0.29) is 5.25 Å². The van der Waals surface area contributed by atoms with Crippen molar-refractivity contribution in [2.45, 2.75) is 36.6 Å². The van der Waals surface area contributed by atoms with Crippen LogP contribution in [-0.2, 0) is 9.84 Å². The Morgan fingerprint density at radius 3 is 1.86 bits per heavy atom. The molecule has 0 unspecified atom stereocenters. The van der Waals surface area contributed by atoms with Crippen LogP contribution in [0.5, 0.6) is 0 Å². The quantitative estimate of drug-likeness (QED) is 0.384. The SMILES string of the molecule is CC1CCC(S(=O)(=O)C(I)(I)I)CC1. The lowest BCUT2D eigenvalue weighted by Crippen LogP contribution is -2.33. The fourth-order valence-corrected chi connectivity index (χ4v) is 6.24. The van der Waals surface area contributed by atoms with Crippen molar-refractivity contribution >= 4 is 77.6 Å². The molecule has 0 saturated heterocycles. The molecule has 1 aliphatic rings. The molecule has 1 aliphatic carbocycles. The van der Waals surface area contributed by atoms with Crippen LogP contribution >= 0.6 is 67.8 Å². The molecule has 1 rings (SSSR count). The molecule has 0 N–H and O–H groups in total. The number of halogens is 3. The van der Waals surface area contributed by atoms with Crippen LogP contribution in [0.25, 0.3) is 0 Å². The highest BCUT2D eigenvalue weighted by Gasteiger charge is 2.42. The highest BCUT2D eigenvalue weighted by atomic mass is 127. The Morgan fingerprint density at radius 1 is 1.07 bits per heavy atom. The molecule has 0 bridgehead atoms. The highest BCUT2D eigenvalue weighted by Crippen LogP contribution is 2.46. The summed E-state index contributed by atoms with van der Waals surface area (Å²) in [5, 5.41) is -0.107. The van der Waals surface area contributed by atoms with Gasteiger partial charge < -0.3 is 0 Å². The van der Waals surface area contributed by atoms with Crippen molar-refractivity contribution in [3.05, 3.63) is 0 Å². The van der Waals surface area contributed by atoms with Crippen molar-refractivity contribution in [1.82, 2.24) is 0 Å². The van der Waals surface area contributed by atoms with E-state index in [0.29, 0.717) is 5.92 Å². The van der Waals surface area contributed by atoms with Crippen LogP contribution in [0.2, 0.25) is 0 Å². The summed E-state index contributed by atoms with van der Waals surface area (Å²) in [5.74, 6) is 0.702. The van der Waals surface area contributed by atoms with Crippen LogP contribution < -0.4 is 0 Å². The molecular weight excluding hydrogens is 541 g/mol. The Labute approximate surface area is 127 Å². The van der Waals surface area contributed by atoms with E-state index in [1.54, 1.807) is 0 Å². The molecule has 0 aromatic carbocycles. The normalized spacial score (nSPS) is 30.3.